The van der Waals surface area contributed by atoms with Gasteiger partial charge in [0, 0.05) is 0 Å². The molecule has 2 aromatic carbocycles. The summed E-state index contributed by atoms with van der Waals surface area (Å²) in [6.07, 6.45) is 0. The maximum absolute atomic E-state index is 13.4. The molecule has 0 saturated heterocycles. The Labute approximate surface area is 149 Å². The molecular formula is C16H12BrF3N2O3. The standard InChI is InChI=1S/C16H12BrF3N2O3/c17-9-3-1-2-4-12(9)25-8-14(24)21-7-13(23)22-11-6-5-10(18)15(19)16(11)20/h1-6H,7-8H2,(H,21,24)(H,22,23). The predicted octanol–water partition coefficient (Wildman–Crippen LogP) is 3.00. The van der Waals surface area contributed by atoms with Gasteiger partial charge in [-0.3, -0.25) is 9.59 Å². The highest BCUT2D eigenvalue weighted by molar-refractivity contribution is 9.10. The molecule has 0 aliphatic heterocycles. The molecule has 2 aromatic rings. The largest absolute Gasteiger partial charge is 0.483 e. The SMILES string of the molecule is O=C(COc1ccccc1Br)NCC(=O)Nc1ccc(F)c(F)c1F. The van der Waals surface area contributed by atoms with Crippen LogP contribution in [0.4, 0.5) is 18.9 Å². The second kappa shape index (κ2) is 8.52. The molecule has 0 aromatic heterocycles. The van der Waals surface area contributed by atoms with Crippen molar-refractivity contribution in [2.45, 2.75) is 0 Å². The van der Waals surface area contributed by atoms with Crippen molar-refractivity contribution in [3.8, 4) is 5.75 Å². The normalized spacial score (nSPS) is 10.2. The number of benzene rings is 2. The van der Waals surface area contributed by atoms with Gasteiger partial charge in [0.1, 0.15) is 5.75 Å². The van der Waals surface area contributed by atoms with Gasteiger partial charge in [0.05, 0.1) is 16.7 Å². The number of anilines is 1. The van der Waals surface area contributed by atoms with Gasteiger partial charge in [-0.15, -0.1) is 0 Å². The number of para-hydroxylation sites is 1. The topological polar surface area (TPSA) is 67.4 Å². The van der Waals surface area contributed by atoms with E-state index >= 15 is 0 Å². The first-order chi connectivity index (χ1) is 11.9. The number of ether oxygens (including phenoxy) is 1. The Morgan fingerprint density at radius 1 is 1.00 bits per heavy atom. The van der Waals surface area contributed by atoms with E-state index in [0.29, 0.717) is 16.3 Å². The number of nitrogens with one attached hydrogen (secondary N) is 2. The van der Waals surface area contributed by atoms with Crippen LogP contribution < -0.4 is 15.4 Å². The van der Waals surface area contributed by atoms with E-state index in [1.54, 1.807) is 24.3 Å². The highest BCUT2D eigenvalue weighted by Gasteiger charge is 2.15. The molecule has 0 heterocycles. The lowest BCUT2D eigenvalue weighted by Gasteiger charge is -2.10. The first-order valence-electron chi connectivity index (χ1n) is 6.96. The van der Waals surface area contributed by atoms with Crippen molar-refractivity contribution in [3.05, 3.63) is 58.3 Å². The first-order valence-corrected chi connectivity index (χ1v) is 7.75. The fraction of sp³-hybridized carbons (Fsp3) is 0.125. The number of hydrogen-bond donors (Lipinski definition) is 2. The Morgan fingerprint density at radius 2 is 1.72 bits per heavy atom. The summed E-state index contributed by atoms with van der Waals surface area (Å²) >= 11 is 3.25. The molecule has 0 fully saturated rings. The Hall–Kier alpha value is -2.55. The van der Waals surface area contributed by atoms with Gasteiger partial charge in [0.25, 0.3) is 5.91 Å². The summed E-state index contributed by atoms with van der Waals surface area (Å²) in [6, 6.07) is 8.44. The summed E-state index contributed by atoms with van der Waals surface area (Å²) in [4.78, 5) is 23.3. The Morgan fingerprint density at radius 3 is 2.44 bits per heavy atom. The van der Waals surface area contributed by atoms with Crippen LogP contribution in [0.15, 0.2) is 40.9 Å². The van der Waals surface area contributed by atoms with E-state index in [1.807, 2.05) is 5.32 Å². The van der Waals surface area contributed by atoms with Gasteiger partial charge in [-0.05, 0) is 40.2 Å². The van der Waals surface area contributed by atoms with Crippen LogP contribution in [0.5, 0.6) is 5.75 Å². The van der Waals surface area contributed by atoms with E-state index in [4.69, 9.17) is 4.74 Å². The summed E-state index contributed by atoms with van der Waals surface area (Å²) in [5, 5.41) is 4.29. The van der Waals surface area contributed by atoms with Crippen molar-refractivity contribution in [3.63, 3.8) is 0 Å². The number of halogens is 4. The lowest BCUT2D eigenvalue weighted by atomic mass is 10.2. The maximum Gasteiger partial charge on any atom is 0.258 e. The average Bonchev–Trinajstić information content (AvgIpc) is 2.60. The molecule has 132 valence electrons. The second-order valence-electron chi connectivity index (χ2n) is 4.77. The van der Waals surface area contributed by atoms with E-state index in [0.717, 1.165) is 6.07 Å². The van der Waals surface area contributed by atoms with Gasteiger partial charge in [-0.1, -0.05) is 12.1 Å². The Balaban J connectivity index is 1.81. The van der Waals surface area contributed by atoms with Gasteiger partial charge >= 0.3 is 0 Å². The molecule has 0 saturated carbocycles. The minimum atomic E-state index is -1.69. The third-order valence-electron chi connectivity index (χ3n) is 2.95. The third kappa shape index (κ3) is 5.21. The minimum absolute atomic E-state index is 0.338. The van der Waals surface area contributed by atoms with Crippen LogP contribution in [-0.2, 0) is 9.59 Å². The molecule has 0 bridgehead atoms. The minimum Gasteiger partial charge on any atom is -0.483 e. The van der Waals surface area contributed by atoms with Crippen molar-refractivity contribution in [1.82, 2.24) is 5.32 Å². The second-order valence-corrected chi connectivity index (χ2v) is 5.62. The number of rotatable bonds is 6. The monoisotopic (exact) mass is 416 g/mol. The predicted molar refractivity (Wildman–Crippen MR) is 87.6 cm³/mol. The van der Waals surface area contributed by atoms with Crippen molar-refractivity contribution in [2.75, 3.05) is 18.5 Å². The first kappa shape index (κ1) is 18.8. The van der Waals surface area contributed by atoms with Gasteiger partial charge in [0.15, 0.2) is 24.1 Å². The van der Waals surface area contributed by atoms with Gasteiger partial charge in [-0.2, -0.15) is 0 Å². The molecule has 0 atom stereocenters. The molecule has 2 N–H and O–H groups in total. The zero-order valence-corrected chi connectivity index (χ0v) is 14.2. The van der Waals surface area contributed by atoms with E-state index in [-0.39, 0.29) is 6.61 Å². The third-order valence-corrected chi connectivity index (χ3v) is 3.61. The molecule has 0 radical (unpaired) electrons. The molecule has 0 aliphatic rings. The summed E-state index contributed by atoms with van der Waals surface area (Å²) in [5.74, 6) is -5.52. The summed E-state index contributed by atoms with van der Waals surface area (Å²) in [6.45, 7) is -0.827. The molecular weight excluding hydrogens is 405 g/mol. The van der Waals surface area contributed by atoms with Crippen LogP contribution in [0.2, 0.25) is 0 Å². The van der Waals surface area contributed by atoms with Gasteiger partial charge < -0.3 is 15.4 Å². The zero-order chi connectivity index (χ0) is 18.4. The zero-order valence-electron chi connectivity index (χ0n) is 12.6. The van der Waals surface area contributed by atoms with E-state index in [9.17, 15) is 22.8 Å². The summed E-state index contributed by atoms with van der Waals surface area (Å²) in [5.41, 5.74) is -0.525. The Kier molecular flexibility index (Phi) is 6.40. The highest BCUT2D eigenvalue weighted by atomic mass is 79.9. The molecule has 0 spiro atoms. The lowest BCUT2D eigenvalue weighted by Crippen LogP contribution is -2.36. The number of carbonyl (C=O) groups is 2. The molecule has 0 aliphatic carbocycles. The van der Waals surface area contributed by atoms with Crippen LogP contribution in [0, 0.1) is 17.5 Å². The fourth-order valence-electron chi connectivity index (χ4n) is 1.75. The quantitative estimate of drug-likeness (QED) is 0.711. The molecule has 2 amide bonds. The van der Waals surface area contributed by atoms with Crippen LogP contribution in [-0.4, -0.2) is 25.0 Å². The van der Waals surface area contributed by atoms with Gasteiger partial charge in [-0.25, -0.2) is 13.2 Å². The Bertz CT molecular complexity index is 802. The average molecular weight is 417 g/mol. The van der Waals surface area contributed by atoms with Crippen LogP contribution in [0.25, 0.3) is 0 Å². The molecule has 9 heteroatoms. The maximum atomic E-state index is 13.4. The summed E-state index contributed by atoms with van der Waals surface area (Å²) in [7, 11) is 0. The van der Waals surface area contributed by atoms with Gasteiger partial charge in [0.2, 0.25) is 5.91 Å². The van der Waals surface area contributed by atoms with E-state index in [2.05, 4.69) is 21.2 Å². The van der Waals surface area contributed by atoms with Crippen molar-refractivity contribution < 1.29 is 27.5 Å². The number of amides is 2. The number of carbonyl (C=O) groups excluding carboxylic acids is 2. The smallest absolute Gasteiger partial charge is 0.258 e. The fourth-order valence-corrected chi connectivity index (χ4v) is 2.15. The van der Waals surface area contributed by atoms with E-state index in [1.165, 1.54) is 0 Å². The molecule has 25 heavy (non-hydrogen) atoms. The van der Waals surface area contributed by atoms with Crippen LogP contribution in [0.1, 0.15) is 0 Å². The molecule has 2 rings (SSSR count). The molecule has 5 nitrogen and oxygen atoms in total. The summed E-state index contributed by atoms with van der Waals surface area (Å²) < 4.78 is 45.2. The lowest BCUT2D eigenvalue weighted by molar-refractivity contribution is -0.125. The van der Waals surface area contributed by atoms with E-state index < -0.39 is 41.5 Å². The highest BCUT2D eigenvalue weighted by Crippen LogP contribution is 2.23. The van der Waals surface area contributed by atoms with Crippen molar-refractivity contribution in [1.29, 1.82) is 0 Å². The van der Waals surface area contributed by atoms with Crippen molar-refractivity contribution in [2.24, 2.45) is 0 Å². The van der Waals surface area contributed by atoms with Crippen LogP contribution in [0.3, 0.4) is 0 Å². The van der Waals surface area contributed by atoms with Crippen molar-refractivity contribution >= 4 is 33.4 Å². The van der Waals surface area contributed by atoms with Crippen LogP contribution >= 0.6 is 15.9 Å². The molecule has 0 unspecified atom stereocenters. The number of hydrogen-bond acceptors (Lipinski definition) is 3.